The van der Waals surface area contributed by atoms with Gasteiger partial charge < -0.3 is 10.6 Å². The first-order valence-electron chi connectivity index (χ1n) is 8.83. The van der Waals surface area contributed by atoms with Gasteiger partial charge >= 0.3 is 0 Å². The molecule has 27 heavy (non-hydrogen) atoms. The van der Waals surface area contributed by atoms with Gasteiger partial charge in [-0.1, -0.05) is 19.1 Å². The van der Waals surface area contributed by atoms with E-state index in [1.165, 1.54) is 5.56 Å². The van der Waals surface area contributed by atoms with E-state index < -0.39 is 0 Å². The Hall–Kier alpha value is -3.47. The molecular weight excluding hydrogens is 338 g/mol. The zero-order chi connectivity index (χ0) is 19.1. The minimum atomic E-state index is -0.206. The molecule has 0 saturated heterocycles. The fourth-order valence-electron chi connectivity index (χ4n) is 2.59. The van der Waals surface area contributed by atoms with Gasteiger partial charge in [-0.2, -0.15) is 0 Å². The monoisotopic (exact) mass is 359 g/mol. The molecule has 0 fully saturated rings. The molecule has 0 aliphatic carbocycles. The summed E-state index contributed by atoms with van der Waals surface area (Å²) in [5.41, 5.74) is 3.95. The standard InChI is InChI=1S/C22H21N3O2/c1-2-16-3-9-20(10-4-16)25-22(27)19-7-5-18(6-8-19)21(26)24-15-17-11-13-23-14-12-17/h3-14H,2,15H2,1H3,(H,24,26)(H,25,27). The maximum Gasteiger partial charge on any atom is 0.255 e. The number of anilines is 1. The molecule has 1 heterocycles. The summed E-state index contributed by atoms with van der Waals surface area (Å²) in [5, 5.41) is 5.71. The first-order valence-corrected chi connectivity index (χ1v) is 8.83. The quantitative estimate of drug-likeness (QED) is 0.703. The summed E-state index contributed by atoms with van der Waals surface area (Å²) in [6, 6.07) is 18.1. The van der Waals surface area contributed by atoms with E-state index in [-0.39, 0.29) is 11.8 Å². The van der Waals surface area contributed by atoms with Crippen LogP contribution in [-0.4, -0.2) is 16.8 Å². The largest absolute Gasteiger partial charge is 0.348 e. The Bertz CT molecular complexity index is 905. The Morgan fingerprint density at radius 1 is 0.778 bits per heavy atom. The van der Waals surface area contributed by atoms with Crippen molar-refractivity contribution in [2.24, 2.45) is 0 Å². The lowest BCUT2D eigenvalue weighted by molar-refractivity contribution is 0.0949. The minimum absolute atomic E-state index is 0.186. The van der Waals surface area contributed by atoms with E-state index in [4.69, 9.17) is 0 Å². The van der Waals surface area contributed by atoms with Gasteiger partial charge in [0, 0.05) is 35.8 Å². The van der Waals surface area contributed by atoms with Crippen molar-refractivity contribution in [3.05, 3.63) is 95.3 Å². The molecular formula is C22H21N3O2. The molecule has 0 saturated carbocycles. The molecule has 3 rings (SSSR count). The van der Waals surface area contributed by atoms with Crippen molar-refractivity contribution in [3.63, 3.8) is 0 Å². The maximum absolute atomic E-state index is 12.3. The lowest BCUT2D eigenvalue weighted by atomic mass is 10.1. The molecule has 0 unspecified atom stereocenters. The van der Waals surface area contributed by atoms with E-state index in [1.54, 1.807) is 36.7 Å². The van der Waals surface area contributed by atoms with E-state index in [0.29, 0.717) is 17.7 Å². The van der Waals surface area contributed by atoms with Crippen molar-refractivity contribution in [2.45, 2.75) is 19.9 Å². The van der Waals surface area contributed by atoms with Gasteiger partial charge in [0.25, 0.3) is 11.8 Å². The lowest BCUT2D eigenvalue weighted by Gasteiger charge is -2.08. The third-order valence-electron chi connectivity index (χ3n) is 4.23. The second-order valence-electron chi connectivity index (χ2n) is 6.12. The van der Waals surface area contributed by atoms with Crippen LogP contribution in [0.15, 0.2) is 73.1 Å². The molecule has 1 aromatic heterocycles. The molecule has 2 N–H and O–H groups in total. The van der Waals surface area contributed by atoms with Crippen LogP contribution in [0, 0.1) is 0 Å². The number of rotatable bonds is 6. The van der Waals surface area contributed by atoms with Crippen LogP contribution in [0.4, 0.5) is 5.69 Å². The zero-order valence-corrected chi connectivity index (χ0v) is 15.1. The van der Waals surface area contributed by atoms with Crippen molar-refractivity contribution < 1.29 is 9.59 Å². The first-order chi connectivity index (χ1) is 13.2. The van der Waals surface area contributed by atoms with E-state index in [9.17, 15) is 9.59 Å². The number of hydrogen-bond donors (Lipinski definition) is 2. The van der Waals surface area contributed by atoms with Crippen LogP contribution >= 0.6 is 0 Å². The van der Waals surface area contributed by atoms with E-state index in [2.05, 4.69) is 22.5 Å². The van der Waals surface area contributed by atoms with Crippen molar-refractivity contribution in [2.75, 3.05) is 5.32 Å². The summed E-state index contributed by atoms with van der Waals surface area (Å²) >= 11 is 0. The molecule has 5 heteroatoms. The molecule has 136 valence electrons. The van der Waals surface area contributed by atoms with Gasteiger partial charge in [-0.25, -0.2) is 0 Å². The number of nitrogens with zero attached hydrogens (tertiary/aromatic N) is 1. The second kappa shape index (κ2) is 8.76. The van der Waals surface area contributed by atoms with Crippen LogP contribution in [0.3, 0.4) is 0 Å². The highest BCUT2D eigenvalue weighted by Crippen LogP contribution is 2.12. The molecule has 2 aromatic carbocycles. The Labute approximate surface area is 158 Å². The minimum Gasteiger partial charge on any atom is -0.348 e. The zero-order valence-electron chi connectivity index (χ0n) is 15.1. The fraction of sp³-hybridized carbons (Fsp3) is 0.136. The van der Waals surface area contributed by atoms with Crippen LogP contribution < -0.4 is 10.6 Å². The van der Waals surface area contributed by atoms with Crippen molar-refractivity contribution in [1.82, 2.24) is 10.3 Å². The average Bonchev–Trinajstić information content (AvgIpc) is 2.73. The Balaban J connectivity index is 1.58. The van der Waals surface area contributed by atoms with Gasteiger partial charge in [-0.05, 0) is 66.1 Å². The van der Waals surface area contributed by atoms with Crippen LogP contribution in [0.25, 0.3) is 0 Å². The maximum atomic E-state index is 12.3. The molecule has 2 amide bonds. The molecule has 0 atom stereocenters. The van der Waals surface area contributed by atoms with Gasteiger partial charge in [0.05, 0.1) is 0 Å². The summed E-state index contributed by atoms with van der Waals surface area (Å²) < 4.78 is 0. The third kappa shape index (κ3) is 5.01. The van der Waals surface area contributed by atoms with Gasteiger partial charge in [-0.3, -0.25) is 14.6 Å². The molecule has 0 aliphatic rings. The first kappa shape index (κ1) is 18.3. The van der Waals surface area contributed by atoms with E-state index in [1.807, 2.05) is 36.4 Å². The summed E-state index contributed by atoms with van der Waals surface area (Å²) in [6.07, 6.45) is 4.33. The van der Waals surface area contributed by atoms with Gasteiger partial charge in [0.2, 0.25) is 0 Å². The second-order valence-corrected chi connectivity index (χ2v) is 6.12. The number of carbonyl (C=O) groups excluding carboxylic acids is 2. The number of benzene rings is 2. The topological polar surface area (TPSA) is 71.1 Å². The summed E-state index contributed by atoms with van der Waals surface area (Å²) in [7, 11) is 0. The summed E-state index contributed by atoms with van der Waals surface area (Å²) in [4.78, 5) is 28.5. The summed E-state index contributed by atoms with van der Waals surface area (Å²) in [6.45, 7) is 2.51. The fourth-order valence-corrected chi connectivity index (χ4v) is 2.59. The third-order valence-corrected chi connectivity index (χ3v) is 4.23. The van der Waals surface area contributed by atoms with Crippen molar-refractivity contribution in [3.8, 4) is 0 Å². The van der Waals surface area contributed by atoms with E-state index >= 15 is 0 Å². The number of nitrogens with one attached hydrogen (secondary N) is 2. The SMILES string of the molecule is CCc1ccc(NC(=O)c2ccc(C(=O)NCc3ccncc3)cc2)cc1. The molecule has 0 radical (unpaired) electrons. The average molecular weight is 359 g/mol. The van der Waals surface area contributed by atoms with Crippen molar-refractivity contribution in [1.29, 1.82) is 0 Å². The number of hydrogen-bond acceptors (Lipinski definition) is 3. The van der Waals surface area contributed by atoms with Gasteiger partial charge in [0.1, 0.15) is 0 Å². The number of carbonyl (C=O) groups is 2. The van der Waals surface area contributed by atoms with Crippen LogP contribution in [-0.2, 0) is 13.0 Å². The highest BCUT2D eigenvalue weighted by Gasteiger charge is 2.09. The highest BCUT2D eigenvalue weighted by atomic mass is 16.2. The van der Waals surface area contributed by atoms with E-state index in [0.717, 1.165) is 17.7 Å². The van der Waals surface area contributed by atoms with Crippen LogP contribution in [0.1, 0.15) is 38.8 Å². The van der Waals surface area contributed by atoms with Crippen molar-refractivity contribution >= 4 is 17.5 Å². The Morgan fingerprint density at radius 2 is 1.37 bits per heavy atom. The normalized spacial score (nSPS) is 10.3. The predicted molar refractivity (Wildman–Crippen MR) is 106 cm³/mol. The highest BCUT2D eigenvalue weighted by molar-refractivity contribution is 6.05. The Morgan fingerprint density at radius 3 is 1.96 bits per heavy atom. The van der Waals surface area contributed by atoms with Gasteiger partial charge in [0.15, 0.2) is 0 Å². The Kier molecular flexibility index (Phi) is 5.94. The molecule has 0 spiro atoms. The number of aromatic nitrogens is 1. The smallest absolute Gasteiger partial charge is 0.255 e. The number of aryl methyl sites for hydroxylation is 1. The number of pyridine rings is 1. The van der Waals surface area contributed by atoms with Crippen LogP contribution in [0.5, 0.6) is 0 Å². The molecule has 0 aliphatic heterocycles. The van der Waals surface area contributed by atoms with Gasteiger partial charge in [-0.15, -0.1) is 0 Å². The molecule has 0 bridgehead atoms. The lowest BCUT2D eigenvalue weighted by Crippen LogP contribution is -2.23. The number of amides is 2. The predicted octanol–water partition coefficient (Wildman–Crippen LogP) is 3.83. The summed E-state index contributed by atoms with van der Waals surface area (Å²) in [5.74, 6) is -0.392. The molecule has 3 aromatic rings. The molecule has 5 nitrogen and oxygen atoms in total. The van der Waals surface area contributed by atoms with Crippen LogP contribution in [0.2, 0.25) is 0 Å².